The topological polar surface area (TPSA) is 73.1 Å². The Morgan fingerprint density at radius 1 is 1.44 bits per heavy atom. The molecule has 1 atom stereocenters. The fourth-order valence-corrected chi connectivity index (χ4v) is 1.27. The highest BCUT2D eigenvalue weighted by molar-refractivity contribution is 5.47. The molecular formula is C11H20N4O. The van der Waals surface area contributed by atoms with Crippen LogP contribution in [0.5, 0.6) is 5.88 Å². The maximum absolute atomic E-state index is 5.95. The summed E-state index contributed by atoms with van der Waals surface area (Å²) in [4.78, 5) is 8.18. The van der Waals surface area contributed by atoms with Gasteiger partial charge in [-0.25, -0.2) is 9.97 Å². The fourth-order valence-electron chi connectivity index (χ4n) is 1.27. The molecule has 5 nitrogen and oxygen atoms in total. The van der Waals surface area contributed by atoms with Gasteiger partial charge in [0.25, 0.3) is 0 Å². The van der Waals surface area contributed by atoms with Crippen LogP contribution in [0.2, 0.25) is 0 Å². The van der Waals surface area contributed by atoms with Crippen LogP contribution in [0.4, 0.5) is 5.82 Å². The number of hydrogen-bond donors (Lipinski definition) is 2. The molecule has 0 aliphatic carbocycles. The van der Waals surface area contributed by atoms with Gasteiger partial charge in [-0.2, -0.15) is 0 Å². The molecule has 0 bridgehead atoms. The van der Waals surface area contributed by atoms with Gasteiger partial charge < -0.3 is 15.8 Å². The van der Waals surface area contributed by atoms with Gasteiger partial charge >= 0.3 is 0 Å². The Hall–Kier alpha value is -1.36. The monoisotopic (exact) mass is 224 g/mol. The van der Waals surface area contributed by atoms with Crippen LogP contribution in [0.3, 0.4) is 0 Å². The molecule has 3 N–H and O–H groups in total. The number of aromatic nitrogens is 2. The van der Waals surface area contributed by atoms with Crippen LogP contribution >= 0.6 is 0 Å². The van der Waals surface area contributed by atoms with Gasteiger partial charge in [-0.05, 0) is 12.8 Å². The van der Waals surface area contributed by atoms with Gasteiger partial charge in [0, 0.05) is 12.6 Å². The van der Waals surface area contributed by atoms with Crippen molar-refractivity contribution in [3.8, 4) is 5.88 Å². The van der Waals surface area contributed by atoms with Gasteiger partial charge in [0.2, 0.25) is 5.88 Å². The number of hydrogen-bond acceptors (Lipinski definition) is 5. The number of nitrogens with two attached hydrogens (primary N) is 1. The summed E-state index contributed by atoms with van der Waals surface area (Å²) in [5.41, 5.74) is 6.85. The lowest BCUT2D eigenvalue weighted by Crippen LogP contribution is -2.34. The van der Waals surface area contributed by atoms with Crippen LogP contribution < -0.4 is 15.8 Å². The van der Waals surface area contributed by atoms with E-state index in [2.05, 4.69) is 29.1 Å². The fraction of sp³-hybridized carbons (Fsp3) is 0.636. The summed E-state index contributed by atoms with van der Waals surface area (Å²) in [6.07, 6.45) is 1.48. The number of anilines is 1. The number of ether oxygens (including phenoxy) is 1. The first-order valence-electron chi connectivity index (χ1n) is 5.41. The van der Waals surface area contributed by atoms with E-state index >= 15 is 0 Å². The second-order valence-corrected chi connectivity index (χ2v) is 4.15. The van der Waals surface area contributed by atoms with Gasteiger partial charge in [-0.1, -0.05) is 13.8 Å². The van der Waals surface area contributed by atoms with E-state index in [1.54, 1.807) is 7.11 Å². The van der Waals surface area contributed by atoms with E-state index in [1.165, 1.54) is 6.33 Å². The van der Waals surface area contributed by atoms with Crippen LogP contribution in [0.15, 0.2) is 6.33 Å². The van der Waals surface area contributed by atoms with Crippen LogP contribution in [0.1, 0.15) is 19.4 Å². The number of nitrogens with zero attached hydrogens (tertiary/aromatic N) is 2. The minimum absolute atomic E-state index is 0.111. The minimum Gasteiger partial charge on any atom is -0.481 e. The lowest BCUT2D eigenvalue weighted by Gasteiger charge is -2.17. The van der Waals surface area contributed by atoms with Crippen molar-refractivity contribution in [1.82, 2.24) is 9.97 Å². The average molecular weight is 224 g/mol. The van der Waals surface area contributed by atoms with Gasteiger partial charge in [-0.15, -0.1) is 0 Å². The molecule has 0 saturated heterocycles. The summed E-state index contributed by atoms with van der Waals surface area (Å²) in [7, 11) is 1.60. The highest BCUT2D eigenvalue weighted by Crippen LogP contribution is 2.19. The SMILES string of the molecule is COc1ncnc(NCC(N)C(C)C)c1C. The third-order valence-electron chi connectivity index (χ3n) is 2.59. The third kappa shape index (κ3) is 3.06. The molecule has 0 aromatic carbocycles. The van der Waals surface area contributed by atoms with Crippen LogP contribution in [-0.2, 0) is 0 Å². The molecular weight excluding hydrogens is 204 g/mol. The standard InChI is InChI=1S/C11H20N4O/c1-7(2)9(12)5-13-10-8(3)11(16-4)15-6-14-10/h6-7,9H,5,12H2,1-4H3,(H,13,14,15). The van der Waals surface area contributed by atoms with Gasteiger partial charge in [0.15, 0.2) is 0 Å². The summed E-state index contributed by atoms with van der Waals surface area (Å²) in [5, 5.41) is 3.21. The molecule has 0 saturated carbocycles. The molecule has 5 heteroatoms. The molecule has 90 valence electrons. The van der Waals surface area contributed by atoms with Gasteiger partial charge in [0.1, 0.15) is 12.1 Å². The second kappa shape index (κ2) is 5.65. The molecule has 0 fully saturated rings. The molecule has 0 spiro atoms. The summed E-state index contributed by atoms with van der Waals surface area (Å²) in [6.45, 7) is 6.81. The number of methoxy groups -OCH3 is 1. The van der Waals surface area contributed by atoms with Crippen molar-refractivity contribution in [1.29, 1.82) is 0 Å². The Balaban J connectivity index is 2.67. The van der Waals surface area contributed by atoms with E-state index in [0.29, 0.717) is 18.3 Å². The first-order valence-corrected chi connectivity index (χ1v) is 5.41. The van der Waals surface area contributed by atoms with E-state index in [4.69, 9.17) is 10.5 Å². The predicted octanol–water partition coefficient (Wildman–Crippen LogP) is 1.19. The Kier molecular flexibility index (Phi) is 4.49. The maximum atomic E-state index is 5.95. The first kappa shape index (κ1) is 12.7. The third-order valence-corrected chi connectivity index (χ3v) is 2.59. The van der Waals surface area contributed by atoms with Crippen molar-refractivity contribution in [3.05, 3.63) is 11.9 Å². The molecule has 1 aromatic rings. The molecule has 1 heterocycles. The van der Waals surface area contributed by atoms with Gasteiger partial charge in [0.05, 0.1) is 12.7 Å². The van der Waals surface area contributed by atoms with E-state index in [9.17, 15) is 0 Å². The first-order chi connectivity index (χ1) is 7.56. The molecule has 1 aromatic heterocycles. The average Bonchev–Trinajstić information content (AvgIpc) is 2.27. The maximum Gasteiger partial charge on any atom is 0.221 e. The minimum atomic E-state index is 0.111. The number of rotatable bonds is 5. The van der Waals surface area contributed by atoms with Crippen molar-refractivity contribution in [2.24, 2.45) is 11.7 Å². The largest absolute Gasteiger partial charge is 0.481 e. The van der Waals surface area contributed by atoms with E-state index in [0.717, 1.165) is 11.4 Å². The van der Waals surface area contributed by atoms with Crippen molar-refractivity contribution in [3.63, 3.8) is 0 Å². The normalized spacial score (nSPS) is 12.6. The molecule has 1 unspecified atom stereocenters. The molecule has 1 rings (SSSR count). The van der Waals surface area contributed by atoms with Crippen LogP contribution in [0, 0.1) is 12.8 Å². The highest BCUT2D eigenvalue weighted by Gasteiger charge is 2.10. The Morgan fingerprint density at radius 2 is 2.12 bits per heavy atom. The highest BCUT2D eigenvalue weighted by atomic mass is 16.5. The van der Waals surface area contributed by atoms with Crippen molar-refractivity contribution in [2.75, 3.05) is 19.0 Å². The lowest BCUT2D eigenvalue weighted by molar-refractivity contribution is 0.393. The predicted molar refractivity (Wildman–Crippen MR) is 64.6 cm³/mol. The smallest absolute Gasteiger partial charge is 0.221 e. The summed E-state index contributed by atoms with van der Waals surface area (Å²) in [6, 6.07) is 0.111. The molecule has 0 radical (unpaired) electrons. The summed E-state index contributed by atoms with van der Waals surface area (Å²) in [5.74, 6) is 1.81. The zero-order valence-corrected chi connectivity index (χ0v) is 10.3. The van der Waals surface area contributed by atoms with Gasteiger partial charge in [-0.3, -0.25) is 0 Å². The van der Waals surface area contributed by atoms with Crippen LogP contribution in [-0.4, -0.2) is 29.7 Å². The molecule has 0 amide bonds. The number of nitrogens with one attached hydrogen (secondary N) is 1. The second-order valence-electron chi connectivity index (χ2n) is 4.15. The van der Waals surface area contributed by atoms with E-state index < -0.39 is 0 Å². The van der Waals surface area contributed by atoms with Crippen molar-refractivity contribution < 1.29 is 4.74 Å². The Labute approximate surface area is 96.4 Å². The van der Waals surface area contributed by atoms with Crippen LogP contribution in [0.25, 0.3) is 0 Å². The van der Waals surface area contributed by atoms with Crippen molar-refractivity contribution in [2.45, 2.75) is 26.8 Å². The zero-order valence-electron chi connectivity index (χ0n) is 10.3. The lowest BCUT2D eigenvalue weighted by atomic mass is 10.1. The molecule has 16 heavy (non-hydrogen) atoms. The summed E-state index contributed by atoms with van der Waals surface area (Å²) < 4.78 is 5.12. The van der Waals surface area contributed by atoms with Crippen molar-refractivity contribution >= 4 is 5.82 Å². The van der Waals surface area contributed by atoms with E-state index in [1.807, 2.05) is 6.92 Å². The summed E-state index contributed by atoms with van der Waals surface area (Å²) >= 11 is 0. The molecule has 0 aliphatic heterocycles. The zero-order chi connectivity index (χ0) is 12.1. The Morgan fingerprint density at radius 3 is 2.69 bits per heavy atom. The Bertz CT molecular complexity index is 341. The quantitative estimate of drug-likeness (QED) is 0.786. The molecule has 0 aliphatic rings. The van der Waals surface area contributed by atoms with E-state index in [-0.39, 0.29) is 6.04 Å².